The van der Waals surface area contributed by atoms with Gasteiger partial charge >= 0.3 is 0 Å². The Bertz CT molecular complexity index is 632. The predicted molar refractivity (Wildman–Crippen MR) is 76.9 cm³/mol. The first-order chi connectivity index (χ1) is 8.50. The molecule has 2 rings (SSSR count). The highest BCUT2D eigenvalue weighted by molar-refractivity contribution is 6.01. The molecule has 0 unspecified atom stereocenters. The molecule has 0 bridgehead atoms. The van der Waals surface area contributed by atoms with Crippen molar-refractivity contribution in [3.8, 4) is 0 Å². The van der Waals surface area contributed by atoms with Crippen LogP contribution in [0, 0.1) is 5.92 Å². The first-order valence-corrected chi connectivity index (χ1v) is 5.94. The molecule has 0 atom stereocenters. The van der Waals surface area contributed by atoms with Crippen molar-refractivity contribution in [2.75, 3.05) is 0 Å². The molecule has 4 nitrogen and oxygen atoms in total. The number of carbonyl (C=O) groups excluding carboxylic acids is 1. The largest absolute Gasteiger partial charge is 0.398 e. The number of Topliss-reactive ketones (excluding diaryl/α,β-unsaturated/α-hetero) is 1. The maximum absolute atomic E-state index is 11.7. The summed E-state index contributed by atoms with van der Waals surface area (Å²) in [6, 6.07) is 5.77. The fourth-order valence-corrected chi connectivity index (χ4v) is 2.17. The van der Waals surface area contributed by atoms with Crippen LogP contribution < -0.4 is 5.73 Å². The van der Waals surface area contributed by atoms with Crippen LogP contribution in [-0.2, 0) is 4.79 Å². The van der Waals surface area contributed by atoms with Crippen molar-refractivity contribution in [3.63, 3.8) is 0 Å². The van der Waals surface area contributed by atoms with Crippen molar-refractivity contribution in [1.29, 1.82) is 0 Å². The van der Waals surface area contributed by atoms with Gasteiger partial charge in [-0.05, 0) is 30.5 Å². The Balaban J connectivity index is 0.00000180. The molecule has 0 saturated heterocycles. The van der Waals surface area contributed by atoms with Gasteiger partial charge < -0.3 is 5.73 Å². The zero-order valence-electron chi connectivity index (χ0n) is 10.8. The van der Waals surface area contributed by atoms with Crippen molar-refractivity contribution in [2.45, 2.75) is 20.8 Å². The molecule has 1 aromatic heterocycles. The number of hydrogen-bond acceptors (Lipinski definition) is 3. The molecule has 0 spiro atoms. The van der Waals surface area contributed by atoms with Gasteiger partial charge in [0.1, 0.15) is 0 Å². The molecule has 1 heterocycles. The number of H-pyrrole nitrogens is 1. The quantitative estimate of drug-likeness (QED) is 0.819. The van der Waals surface area contributed by atoms with E-state index in [1.165, 1.54) is 0 Å². The number of carbonyl (C=O) groups is 1. The van der Waals surface area contributed by atoms with Gasteiger partial charge in [-0.15, -0.1) is 0 Å². The van der Waals surface area contributed by atoms with Crippen LogP contribution >= 0.6 is 0 Å². The molecule has 0 aliphatic heterocycles. The number of fused-ring (bicyclic) bond motifs is 1. The summed E-state index contributed by atoms with van der Waals surface area (Å²) < 4.78 is 0. The Hall–Kier alpha value is -2.10. The Kier molecular flexibility index (Phi) is 3.19. The summed E-state index contributed by atoms with van der Waals surface area (Å²) in [5, 5.41) is 7.84. The van der Waals surface area contributed by atoms with Gasteiger partial charge in [0.2, 0.25) is 0 Å². The Labute approximate surface area is 109 Å². The van der Waals surface area contributed by atoms with Gasteiger partial charge in [-0.1, -0.05) is 19.9 Å². The lowest BCUT2D eigenvalue weighted by Crippen LogP contribution is -2.12. The molecule has 1 aromatic carbocycles. The summed E-state index contributed by atoms with van der Waals surface area (Å²) in [6.07, 6.45) is 1.74. The van der Waals surface area contributed by atoms with Crippen LogP contribution in [0.3, 0.4) is 0 Å². The number of nitrogens with one attached hydrogen (secondary N) is 1. The minimum absolute atomic E-state index is 0. The SMILES string of the molecule is CC(=O)/C(=C(\N)c1ccc2[nH]ncc2c1)C(C)C.[HH].[HH]. The highest BCUT2D eigenvalue weighted by Crippen LogP contribution is 2.23. The highest BCUT2D eigenvalue weighted by atomic mass is 16.1. The summed E-state index contributed by atoms with van der Waals surface area (Å²) in [5.41, 5.74) is 9.19. The van der Waals surface area contributed by atoms with Crippen LogP contribution in [0.2, 0.25) is 0 Å². The van der Waals surface area contributed by atoms with E-state index in [9.17, 15) is 4.79 Å². The maximum atomic E-state index is 11.7. The van der Waals surface area contributed by atoms with E-state index in [0.29, 0.717) is 11.3 Å². The van der Waals surface area contributed by atoms with Crippen molar-refractivity contribution < 1.29 is 7.65 Å². The monoisotopic (exact) mass is 247 g/mol. The third kappa shape index (κ3) is 2.14. The predicted octanol–water partition coefficient (Wildman–Crippen LogP) is 2.97. The van der Waals surface area contributed by atoms with Crippen LogP contribution in [0.15, 0.2) is 30.0 Å². The summed E-state index contributed by atoms with van der Waals surface area (Å²) in [6.45, 7) is 5.50. The number of rotatable bonds is 3. The van der Waals surface area contributed by atoms with Crippen molar-refractivity contribution in [2.24, 2.45) is 11.7 Å². The Morgan fingerprint density at radius 1 is 1.44 bits per heavy atom. The average molecular weight is 247 g/mol. The molecule has 0 aliphatic carbocycles. The molecule has 2 aromatic rings. The van der Waals surface area contributed by atoms with E-state index < -0.39 is 0 Å². The molecule has 18 heavy (non-hydrogen) atoms. The Morgan fingerprint density at radius 2 is 2.17 bits per heavy atom. The van der Waals surface area contributed by atoms with E-state index in [0.717, 1.165) is 16.5 Å². The fraction of sp³-hybridized carbons (Fsp3) is 0.286. The second-order valence-electron chi connectivity index (χ2n) is 4.71. The number of nitrogens with two attached hydrogens (primary N) is 1. The third-order valence-electron chi connectivity index (χ3n) is 3.00. The van der Waals surface area contributed by atoms with Gasteiger partial charge in [0.25, 0.3) is 0 Å². The van der Waals surface area contributed by atoms with Gasteiger partial charge in [0, 0.05) is 19.5 Å². The van der Waals surface area contributed by atoms with Crippen LogP contribution in [0.25, 0.3) is 16.6 Å². The third-order valence-corrected chi connectivity index (χ3v) is 3.00. The normalized spacial score (nSPS) is 12.9. The molecular formula is C14H21N3O. The number of hydrogen-bond donors (Lipinski definition) is 2. The molecule has 4 heteroatoms. The van der Waals surface area contributed by atoms with E-state index in [1.807, 2.05) is 32.0 Å². The van der Waals surface area contributed by atoms with Crippen LogP contribution in [0.1, 0.15) is 29.2 Å². The van der Waals surface area contributed by atoms with Crippen molar-refractivity contribution in [3.05, 3.63) is 35.5 Å². The summed E-state index contributed by atoms with van der Waals surface area (Å²) in [5.74, 6) is 0.136. The molecule has 98 valence electrons. The van der Waals surface area contributed by atoms with Gasteiger partial charge in [-0.2, -0.15) is 5.10 Å². The fourth-order valence-electron chi connectivity index (χ4n) is 2.17. The van der Waals surface area contributed by atoms with E-state index in [-0.39, 0.29) is 14.6 Å². The molecular weight excluding hydrogens is 226 g/mol. The van der Waals surface area contributed by atoms with Gasteiger partial charge in [-0.25, -0.2) is 0 Å². The molecule has 3 N–H and O–H groups in total. The van der Waals surface area contributed by atoms with Crippen LogP contribution in [0.5, 0.6) is 0 Å². The lowest BCUT2D eigenvalue weighted by atomic mass is 9.94. The summed E-state index contributed by atoms with van der Waals surface area (Å²) in [7, 11) is 0. The van der Waals surface area contributed by atoms with Crippen LogP contribution in [0.4, 0.5) is 0 Å². The second-order valence-corrected chi connectivity index (χ2v) is 4.71. The van der Waals surface area contributed by atoms with Crippen LogP contribution in [-0.4, -0.2) is 16.0 Å². The first-order valence-electron chi connectivity index (χ1n) is 5.94. The lowest BCUT2D eigenvalue weighted by Gasteiger charge is -2.13. The molecule has 0 fully saturated rings. The van der Waals surface area contributed by atoms with E-state index in [4.69, 9.17) is 5.73 Å². The number of ketones is 1. The minimum Gasteiger partial charge on any atom is -0.398 e. The van der Waals surface area contributed by atoms with Gasteiger partial charge in [0.15, 0.2) is 5.78 Å². The van der Waals surface area contributed by atoms with E-state index in [2.05, 4.69) is 10.2 Å². The highest BCUT2D eigenvalue weighted by Gasteiger charge is 2.15. The average Bonchev–Trinajstić information content (AvgIpc) is 2.74. The summed E-state index contributed by atoms with van der Waals surface area (Å²) >= 11 is 0. The smallest absolute Gasteiger partial charge is 0.158 e. The topological polar surface area (TPSA) is 71.8 Å². The zero-order chi connectivity index (χ0) is 13.3. The van der Waals surface area contributed by atoms with Crippen molar-refractivity contribution >= 4 is 22.4 Å². The standard InChI is InChI=1S/C14H17N3O.2H2/c1-8(2)13(9(3)18)14(15)10-4-5-12-11(6-10)7-16-17-12;;/h4-8H,15H2,1-3H3,(H,16,17);2*1H/b14-13-;;. The Morgan fingerprint density at radius 3 is 2.78 bits per heavy atom. The minimum atomic E-state index is 0. The van der Waals surface area contributed by atoms with Crippen molar-refractivity contribution in [1.82, 2.24) is 10.2 Å². The maximum Gasteiger partial charge on any atom is 0.158 e. The number of aromatic amines is 1. The van der Waals surface area contributed by atoms with Gasteiger partial charge in [-0.3, -0.25) is 9.89 Å². The molecule has 0 aliphatic rings. The molecule has 0 amide bonds. The second kappa shape index (κ2) is 4.64. The molecule has 0 saturated carbocycles. The number of nitrogens with zero attached hydrogens (tertiary/aromatic N) is 1. The van der Waals surface area contributed by atoms with Gasteiger partial charge in [0.05, 0.1) is 11.7 Å². The number of allylic oxidation sites excluding steroid dienone is 1. The lowest BCUT2D eigenvalue weighted by molar-refractivity contribution is -0.113. The first kappa shape index (κ1) is 12.4. The summed E-state index contributed by atoms with van der Waals surface area (Å²) in [4.78, 5) is 11.7. The molecule has 0 radical (unpaired) electrons. The number of benzene rings is 1. The van der Waals surface area contributed by atoms with E-state index in [1.54, 1.807) is 13.1 Å². The van der Waals surface area contributed by atoms with E-state index >= 15 is 0 Å². The number of aromatic nitrogens is 2. The zero-order valence-corrected chi connectivity index (χ0v) is 10.8.